The van der Waals surface area contributed by atoms with E-state index in [1.165, 1.54) is 0 Å². The van der Waals surface area contributed by atoms with Gasteiger partial charge in [0.05, 0.1) is 6.61 Å². The lowest BCUT2D eigenvalue weighted by atomic mass is 10.1. The maximum Gasteiger partial charge on any atom is 0.246 e. The Morgan fingerprint density at radius 1 is 1.71 bits per heavy atom. The topological polar surface area (TPSA) is 35.2 Å². The van der Waals surface area contributed by atoms with Crippen LogP contribution in [0, 0.1) is 0 Å². The molecule has 0 unspecified atom stereocenters. The van der Waals surface area contributed by atoms with Gasteiger partial charge in [-0.1, -0.05) is 0 Å². The molecule has 2 nitrogen and oxygen atoms in total. The van der Waals surface area contributed by atoms with Crippen LogP contribution in [-0.2, 0) is 4.43 Å². The van der Waals surface area contributed by atoms with Gasteiger partial charge in [-0.3, -0.25) is 0 Å². The predicted molar refractivity (Wildman–Crippen MR) is 30.0 cm³/mol. The number of hydrogen-bond donors (Lipinski definition) is 1. The van der Waals surface area contributed by atoms with Gasteiger partial charge in [0, 0.05) is 5.54 Å². The molecular weight excluding hydrogens is 106 g/mol. The van der Waals surface area contributed by atoms with Crippen LogP contribution in [0.1, 0.15) is 13.8 Å². The second-order valence-electron chi connectivity index (χ2n) is 2.28. The van der Waals surface area contributed by atoms with E-state index in [4.69, 9.17) is 5.73 Å². The molecule has 3 radical (unpaired) electrons. The Balaban J connectivity index is 3.15. The van der Waals surface area contributed by atoms with Crippen LogP contribution < -0.4 is 5.73 Å². The van der Waals surface area contributed by atoms with E-state index in [0.717, 1.165) is 0 Å². The summed E-state index contributed by atoms with van der Waals surface area (Å²) in [6, 6.07) is 0. The molecule has 0 bridgehead atoms. The van der Waals surface area contributed by atoms with Gasteiger partial charge in [0.2, 0.25) is 10.5 Å². The van der Waals surface area contributed by atoms with Crippen molar-refractivity contribution >= 4 is 10.5 Å². The third-order valence-electron chi connectivity index (χ3n) is 0.444. The standard InChI is InChI=1S/C4H10NOSi/c1-4(2,5)3-6-7/h3,5H2,1-2H3. The number of nitrogens with two attached hydrogens (primary N) is 1. The first kappa shape index (κ1) is 7.14. The molecule has 0 rings (SSSR count). The van der Waals surface area contributed by atoms with Crippen molar-refractivity contribution in [3.63, 3.8) is 0 Å². The van der Waals surface area contributed by atoms with E-state index in [0.29, 0.717) is 6.61 Å². The third-order valence-corrected chi connectivity index (χ3v) is 0.589. The molecule has 0 aromatic rings. The van der Waals surface area contributed by atoms with Crippen molar-refractivity contribution in [1.29, 1.82) is 0 Å². The summed E-state index contributed by atoms with van der Waals surface area (Å²) < 4.78 is 4.59. The van der Waals surface area contributed by atoms with Crippen molar-refractivity contribution in [2.45, 2.75) is 19.4 Å². The minimum absolute atomic E-state index is 0.220. The minimum atomic E-state index is -0.220. The first-order valence-electron chi connectivity index (χ1n) is 2.14. The Kier molecular flexibility index (Phi) is 2.49. The molecule has 0 aromatic carbocycles. The highest BCUT2D eigenvalue weighted by Gasteiger charge is 2.07. The van der Waals surface area contributed by atoms with Crippen LogP contribution in [0.15, 0.2) is 0 Å². The number of hydrogen-bond acceptors (Lipinski definition) is 2. The lowest BCUT2D eigenvalue weighted by Gasteiger charge is -2.15. The molecular formula is C4H10NOSi. The average molecular weight is 116 g/mol. The van der Waals surface area contributed by atoms with Gasteiger partial charge in [-0.2, -0.15) is 0 Å². The summed E-state index contributed by atoms with van der Waals surface area (Å²) in [5.41, 5.74) is 5.27. The monoisotopic (exact) mass is 116 g/mol. The molecule has 41 valence electrons. The van der Waals surface area contributed by atoms with E-state index >= 15 is 0 Å². The van der Waals surface area contributed by atoms with Gasteiger partial charge in [0.15, 0.2) is 0 Å². The quantitative estimate of drug-likeness (QED) is 0.508. The molecule has 3 heteroatoms. The zero-order valence-corrected chi connectivity index (χ0v) is 5.69. The summed E-state index contributed by atoms with van der Waals surface area (Å²) in [7, 11) is 2.85. The second kappa shape index (κ2) is 2.45. The van der Waals surface area contributed by atoms with Crippen molar-refractivity contribution in [2.75, 3.05) is 6.61 Å². The molecule has 0 fully saturated rings. The maximum absolute atomic E-state index is 5.49. The van der Waals surface area contributed by atoms with Crippen molar-refractivity contribution in [2.24, 2.45) is 5.73 Å². The first-order valence-corrected chi connectivity index (χ1v) is 2.54. The van der Waals surface area contributed by atoms with Crippen molar-refractivity contribution in [3.8, 4) is 0 Å². The molecule has 0 amide bonds. The molecule has 0 spiro atoms. The maximum atomic E-state index is 5.49. The minimum Gasteiger partial charge on any atom is -0.417 e. The second-order valence-corrected chi connectivity index (χ2v) is 2.57. The van der Waals surface area contributed by atoms with Crippen molar-refractivity contribution in [3.05, 3.63) is 0 Å². The smallest absolute Gasteiger partial charge is 0.246 e. The lowest BCUT2D eigenvalue weighted by Crippen LogP contribution is -2.37. The van der Waals surface area contributed by atoms with Gasteiger partial charge in [-0.15, -0.1) is 0 Å². The van der Waals surface area contributed by atoms with Gasteiger partial charge >= 0.3 is 0 Å². The summed E-state index contributed by atoms with van der Waals surface area (Å²) in [4.78, 5) is 0. The van der Waals surface area contributed by atoms with Crippen LogP contribution in [0.2, 0.25) is 0 Å². The average Bonchev–Trinajstić information content (AvgIpc) is 1.30. The predicted octanol–water partition coefficient (Wildman–Crippen LogP) is -0.176. The third kappa shape index (κ3) is 6.14. The van der Waals surface area contributed by atoms with Gasteiger partial charge in [-0.25, -0.2) is 0 Å². The molecule has 0 aliphatic carbocycles. The Morgan fingerprint density at radius 2 is 2.14 bits per heavy atom. The molecule has 0 heterocycles. The molecule has 7 heavy (non-hydrogen) atoms. The summed E-state index contributed by atoms with van der Waals surface area (Å²) in [6.45, 7) is 4.32. The van der Waals surface area contributed by atoms with Crippen LogP contribution in [0.4, 0.5) is 0 Å². The van der Waals surface area contributed by atoms with Gasteiger partial charge in [-0.05, 0) is 13.8 Å². The fraction of sp³-hybridized carbons (Fsp3) is 1.00. The largest absolute Gasteiger partial charge is 0.417 e. The van der Waals surface area contributed by atoms with Crippen LogP contribution in [-0.4, -0.2) is 22.6 Å². The molecule has 0 aliphatic rings. The van der Waals surface area contributed by atoms with E-state index in [9.17, 15) is 0 Å². The van der Waals surface area contributed by atoms with Crippen molar-refractivity contribution < 1.29 is 4.43 Å². The van der Waals surface area contributed by atoms with E-state index in [1.54, 1.807) is 0 Å². The van der Waals surface area contributed by atoms with Crippen LogP contribution in [0.3, 0.4) is 0 Å². The molecule has 0 saturated heterocycles. The fourth-order valence-electron chi connectivity index (χ4n) is 0.186. The van der Waals surface area contributed by atoms with E-state index in [-0.39, 0.29) is 5.54 Å². The highest BCUT2D eigenvalue weighted by molar-refractivity contribution is 5.97. The Labute approximate surface area is 47.6 Å². The zero-order chi connectivity index (χ0) is 5.91. The van der Waals surface area contributed by atoms with Gasteiger partial charge in [0.25, 0.3) is 0 Å². The van der Waals surface area contributed by atoms with Gasteiger partial charge < -0.3 is 10.2 Å². The van der Waals surface area contributed by atoms with Gasteiger partial charge in [0.1, 0.15) is 0 Å². The summed E-state index contributed by atoms with van der Waals surface area (Å²) in [6.07, 6.45) is 0. The zero-order valence-electron chi connectivity index (χ0n) is 4.69. The molecule has 0 aromatic heterocycles. The van der Waals surface area contributed by atoms with E-state index in [2.05, 4.69) is 14.9 Å². The van der Waals surface area contributed by atoms with Crippen LogP contribution in [0.5, 0.6) is 0 Å². The summed E-state index contributed by atoms with van der Waals surface area (Å²) >= 11 is 0. The van der Waals surface area contributed by atoms with E-state index < -0.39 is 0 Å². The highest BCUT2D eigenvalue weighted by atomic mass is 28.2. The lowest BCUT2D eigenvalue weighted by molar-refractivity contribution is 0.263. The SMILES string of the molecule is CC(C)(N)CO[Si]. The molecule has 0 atom stereocenters. The summed E-state index contributed by atoms with van der Waals surface area (Å²) in [5, 5.41) is 0. The highest BCUT2D eigenvalue weighted by Crippen LogP contribution is 1.93. The van der Waals surface area contributed by atoms with E-state index in [1.807, 2.05) is 13.8 Å². The first-order chi connectivity index (χ1) is 3.06. The molecule has 2 N–H and O–H groups in total. The normalized spacial score (nSPS) is 12.0. The number of rotatable bonds is 2. The van der Waals surface area contributed by atoms with Crippen LogP contribution >= 0.6 is 0 Å². The Hall–Kier alpha value is 0.137. The fourth-order valence-corrected chi connectivity index (χ4v) is 0.558. The van der Waals surface area contributed by atoms with Crippen LogP contribution in [0.25, 0.3) is 0 Å². The summed E-state index contributed by atoms with van der Waals surface area (Å²) in [5.74, 6) is 0. The molecule has 0 aliphatic heterocycles. The molecule has 0 saturated carbocycles. The Morgan fingerprint density at radius 3 is 2.14 bits per heavy atom. The van der Waals surface area contributed by atoms with Crippen molar-refractivity contribution in [1.82, 2.24) is 0 Å². The Bertz CT molecular complexity index is 50.1.